The van der Waals surface area contributed by atoms with Crippen LogP contribution >= 0.6 is 0 Å². The molecule has 286 valence electrons. The van der Waals surface area contributed by atoms with Gasteiger partial charge in [-0.1, -0.05) is 202 Å². The van der Waals surface area contributed by atoms with E-state index in [-0.39, 0.29) is 0 Å². The number of hydrogen-bond donors (Lipinski definition) is 0. The highest BCUT2D eigenvalue weighted by Crippen LogP contribution is 2.42. The van der Waals surface area contributed by atoms with Crippen molar-refractivity contribution in [2.24, 2.45) is 0 Å². The molecule has 0 fully saturated rings. The second-order valence-electron chi connectivity index (χ2n) is 16.0. The average Bonchev–Trinajstić information content (AvgIpc) is 3.22. The Hall–Kier alpha value is -3.90. The number of unbranched alkanes of at least 4 members (excludes halogenated alkanes) is 12. The van der Waals surface area contributed by atoms with Gasteiger partial charge in [-0.3, -0.25) is 0 Å². The summed E-state index contributed by atoms with van der Waals surface area (Å²) in [4.78, 5) is 0. The minimum absolute atomic E-state index is 1.16. The first-order chi connectivity index (χ1) is 26.6. The molecule has 0 aliphatic rings. The maximum Gasteiger partial charge on any atom is -0.00988 e. The maximum atomic E-state index is 2.51. The van der Waals surface area contributed by atoms with Crippen LogP contribution in [0.15, 0.2) is 109 Å². The largest absolute Gasteiger partial charge is 0.0654 e. The summed E-state index contributed by atoms with van der Waals surface area (Å²) < 4.78 is 0. The maximum absolute atomic E-state index is 2.51. The molecule has 0 radical (unpaired) electrons. The third-order valence-electron chi connectivity index (χ3n) is 11.5. The van der Waals surface area contributed by atoms with E-state index in [4.69, 9.17) is 0 Å². The van der Waals surface area contributed by atoms with E-state index in [1.54, 1.807) is 0 Å². The zero-order valence-electron chi connectivity index (χ0n) is 34.5. The van der Waals surface area contributed by atoms with E-state index >= 15 is 0 Å². The smallest absolute Gasteiger partial charge is 0.00988 e. The zero-order chi connectivity index (χ0) is 37.8. The summed E-state index contributed by atoms with van der Waals surface area (Å²) in [5.74, 6) is 0. The molecule has 0 saturated heterocycles. The van der Waals surface area contributed by atoms with Gasteiger partial charge >= 0.3 is 0 Å². The highest BCUT2D eigenvalue weighted by molar-refractivity contribution is 5.95. The number of hydrogen-bond acceptors (Lipinski definition) is 0. The molecule has 0 aliphatic heterocycles. The fraction of sp³-hybridized carbons (Fsp3) is 0.444. The van der Waals surface area contributed by atoms with Crippen molar-refractivity contribution in [2.75, 3.05) is 0 Å². The van der Waals surface area contributed by atoms with Crippen molar-refractivity contribution in [3.05, 3.63) is 131 Å². The lowest BCUT2D eigenvalue weighted by molar-refractivity contribution is 0.667. The first-order valence-corrected chi connectivity index (χ1v) is 22.2. The van der Waals surface area contributed by atoms with Crippen molar-refractivity contribution >= 4 is 0 Å². The molecule has 0 atom stereocenters. The van der Waals surface area contributed by atoms with Gasteiger partial charge in [0.25, 0.3) is 0 Å². The van der Waals surface area contributed by atoms with Crippen molar-refractivity contribution in [3.63, 3.8) is 0 Å². The van der Waals surface area contributed by atoms with E-state index in [1.165, 1.54) is 169 Å². The van der Waals surface area contributed by atoms with Gasteiger partial charge in [-0.25, -0.2) is 0 Å². The fourth-order valence-electron chi connectivity index (χ4n) is 7.98. The van der Waals surface area contributed by atoms with Gasteiger partial charge in [0, 0.05) is 0 Å². The zero-order valence-corrected chi connectivity index (χ0v) is 34.5. The Morgan fingerprint density at radius 2 is 0.444 bits per heavy atom. The Bertz CT molecular complexity index is 1490. The molecule has 0 nitrogen and oxygen atoms in total. The van der Waals surface area contributed by atoms with E-state index in [1.807, 2.05) is 0 Å². The highest BCUT2D eigenvalue weighted by Gasteiger charge is 2.17. The summed E-state index contributed by atoms with van der Waals surface area (Å²) in [6.45, 7) is 9.17. The molecular formula is C54H70. The number of rotatable bonds is 24. The van der Waals surface area contributed by atoms with Gasteiger partial charge in [0.1, 0.15) is 0 Å². The van der Waals surface area contributed by atoms with Gasteiger partial charge in [0.05, 0.1) is 0 Å². The minimum atomic E-state index is 1.16. The third-order valence-corrected chi connectivity index (χ3v) is 11.5. The molecule has 0 amide bonds. The van der Waals surface area contributed by atoms with Crippen LogP contribution in [0.2, 0.25) is 0 Å². The number of aryl methyl sites for hydroxylation is 4. The summed E-state index contributed by atoms with van der Waals surface area (Å²) in [6, 6.07) is 43.1. The van der Waals surface area contributed by atoms with Gasteiger partial charge in [0.2, 0.25) is 0 Å². The molecule has 0 N–H and O–H groups in total. The van der Waals surface area contributed by atoms with Gasteiger partial charge < -0.3 is 0 Å². The van der Waals surface area contributed by atoms with Crippen molar-refractivity contribution in [1.29, 1.82) is 0 Å². The van der Waals surface area contributed by atoms with Crippen LogP contribution in [0.3, 0.4) is 0 Å². The van der Waals surface area contributed by atoms with Crippen LogP contribution < -0.4 is 0 Å². The molecule has 0 spiro atoms. The molecule has 0 unspecified atom stereocenters. The van der Waals surface area contributed by atoms with E-state index in [0.29, 0.717) is 0 Å². The molecule has 0 saturated carbocycles. The van der Waals surface area contributed by atoms with Crippen LogP contribution in [0.4, 0.5) is 0 Å². The molecule has 0 aliphatic carbocycles. The SMILES string of the molecule is CCCCCCc1ccc(-c2cc(-c3ccc(CCCCCC)cc3)c(-c3ccc(CCCCCC)cc3)cc2-c2ccc(CCCCCC)cc2)cc1. The van der Waals surface area contributed by atoms with Crippen LogP contribution in [-0.4, -0.2) is 0 Å². The molecule has 0 bridgehead atoms. The van der Waals surface area contributed by atoms with Gasteiger partial charge in [-0.15, -0.1) is 0 Å². The van der Waals surface area contributed by atoms with Crippen molar-refractivity contribution in [1.82, 2.24) is 0 Å². The van der Waals surface area contributed by atoms with Crippen molar-refractivity contribution in [2.45, 2.75) is 156 Å². The molecule has 5 aromatic carbocycles. The van der Waals surface area contributed by atoms with E-state index in [9.17, 15) is 0 Å². The molecule has 0 heteroatoms. The number of benzene rings is 5. The summed E-state index contributed by atoms with van der Waals surface area (Å²) in [5.41, 5.74) is 16.3. The Morgan fingerprint density at radius 3 is 0.630 bits per heavy atom. The topological polar surface area (TPSA) is 0 Å². The van der Waals surface area contributed by atoms with Crippen molar-refractivity contribution in [3.8, 4) is 44.5 Å². The average molecular weight is 719 g/mol. The van der Waals surface area contributed by atoms with Gasteiger partial charge in [-0.2, -0.15) is 0 Å². The summed E-state index contributed by atoms with van der Waals surface area (Å²) >= 11 is 0. The van der Waals surface area contributed by atoms with Crippen LogP contribution in [0.5, 0.6) is 0 Å². The lowest BCUT2D eigenvalue weighted by Crippen LogP contribution is -1.95. The molecule has 54 heavy (non-hydrogen) atoms. The Morgan fingerprint density at radius 1 is 0.241 bits per heavy atom. The molecule has 5 rings (SSSR count). The standard InChI is InChI=1S/C54H70/c1-5-9-13-17-21-43-25-33-47(34-26-43)51-41-53(49-37-29-45(30-38-49)23-19-15-11-7-3)54(50-39-31-46(32-40-50)24-20-16-12-8-4)42-52(51)48-35-27-44(28-36-48)22-18-14-10-6-2/h25-42H,5-24H2,1-4H3. The highest BCUT2D eigenvalue weighted by atomic mass is 14.2. The first kappa shape index (κ1) is 41.3. The van der Waals surface area contributed by atoms with Crippen molar-refractivity contribution < 1.29 is 0 Å². The molecule has 0 aromatic heterocycles. The van der Waals surface area contributed by atoms with Crippen LogP contribution in [0.25, 0.3) is 44.5 Å². The Labute approximate surface area is 330 Å². The van der Waals surface area contributed by atoms with Gasteiger partial charge in [-0.05, 0) is 130 Å². The molecular weight excluding hydrogens is 649 g/mol. The van der Waals surface area contributed by atoms with Crippen LogP contribution in [0.1, 0.15) is 153 Å². The quantitative estimate of drug-likeness (QED) is 0.0557. The summed E-state index contributed by atoms with van der Waals surface area (Å²) in [6.07, 6.45) is 25.5. The normalized spacial score (nSPS) is 11.3. The Kier molecular flexibility index (Phi) is 17.7. The molecule has 5 aromatic rings. The Balaban J connectivity index is 1.57. The lowest BCUT2D eigenvalue weighted by atomic mass is 9.84. The van der Waals surface area contributed by atoms with Gasteiger partial charge in [0.15, 0.2) is 0 Å². The minimum Gasteiger partial charge on any atom is -0.0654 e. The third kappa shape index (κ3) is 12.6. The summed E-state index contributed by atoms with van der Waals surface area (Å²) in [5, 5.41) is 0. The molecule has 0 heterocycles. The predicted molar refractivity (Wildman–Crippen MR) is 240 cm³/mol. The second kappa shape index (κ2) is 23.1. The fourth-order valence-corrected chi connectivity index (χ4v) is 7.98. The monoisotopic (exact) mass is 719 g/mol. The first-order valence-electron chi connectivity index (χ1n) is 22.2. The van der Waals surface area contributed by atoms with E-state index in [0.717, 1.165) is 25.7 Å². The predicted octanol–water partition coefficient (Wildman–Crippen LogP) is 16.8. The van der Waals surface area contributed by atoms with E-state index in [2.05, 4.69) is 137 Å². The van der Waals surface area contributed by atoms with Crippen LogP contribution in [-0.2, 0) is 25.7 Å². The lowest BCUT2D eigenvalue weighted by Gasteiger charge is -2.19. The summed E-state index contributed by atoms with van der Waals surface area (Å²) in [7, 11) is 0. The van der Waals surface area contributed by atoms with Crippen LogP contribution in [0, 0.1) is 0 Å². The second-order valence-corrected chi connectivity index (χ2v) is 16.0. The van der Waals surface area contributed by atoms with E-state index < -0.39 is 0 Å².